The van der Waals surface area contributed by atoms with Gasteiger partial charge in [0.1, 0.15) is 0 Å². The van der Waals surface area contributed by atoms with Crippen LogP contribution in [-0.2, 0) is 9.53 Å². The Balaban J connectivity index is 4.04. The Morgan fingerprint density at radius 2 is 1.31 bits per heavy atom. The SMILES string of the molecule is CCCCCCCCCC=CC=CC=CC=CC=CC(N)=C(CC)C(=O)OCC. The number of ether oxygens (including phenoxy) is 1. The Labute approximate surface area is 178 Å². The van der Waals surface area contributed by atoms with Gasteiger partial charge in [0.25, 0.3) is 0 Å². The highest BCUT2D eigenvalue weighted by molar-refractivity contribution is 5.89. The van der Waals surface area contributed by atoms with E-state index in [0.717, 1.165) is 6.42 Å². The summed E-state index contributed by atoms with van der Waals surface area (Å²) in [5, 5.41) is 0. The Morgan fingerprint density at radius 1 is 0.759 bits per heavy atom. The highest BCUT2D eigenvalue weighted by Crippen LogP contribution is 2.09. The van der Waals surface area contributed by atoms with Gasteiger partial charge < -0.3 is 10.5 Å². The number of carbonyl (C=O) groups is 1. The van der Waals surface area contributed by atoms with Crippen molar-refractivity contribution in [1.29, 1.82) is 0 Å². The summed E-state index contributed by atoms with van der Waals surface area (Å²) < 4.78 is 5.00. The quantitative estimate of drug-likeness (QED) is 0.130. The lowest BCUT2D eigenvalue weighted by molar-refractivity contribution is -0.138. The molecule has 3 heteroatoms. The lowest BCUT2D eigenvalue weighted by Crippen LogP contribution is -2.12. The maximum atomic E-state index is 11.8. The molecule has 0 atom stereocenters. The van der Waals surface area contributed by atoms with Crippen molar-refractivity contribution in [3.63, 3.8) is 0 Å². The summed E-state index contributed by atoms with van der Waals surface area (Å²) >= 11 is 0. The number of hydrogen-bond acceptors (Lipinski definition) is 3. The predicted octanol–water partition coefficient (Wildman–Crippen LogP) is 7.09. The minimum atomic E-state index is -0.341. The molecule has 0 aromatic heterocycles. The molecular formula is C26H41NO2. The van der Waals surface area contributed by atoms with E-state index in [-0.39, 0.29) is 5.97 Å². The molecule has 0 heterocycles. The van der Waals surface area contributed by atoms with Crippen molar-refractivity contribution >= 4 is 5.97 Å². The van der Waals surface area contributed by atoms with Gasteiger partial charge in [-0.05, 0) is 32.3 Å². The third-order valence-electron chi connectivity index (χ3n) is 4.39. The summed E-state index contributed by atoms with van der Waals surface area (Å²) in [5.74, 6) is -0.341. The number of esters is 1. The molecule has 0 aliphatic carbocycles. The maximum Gasteiger partial charge on any atom is 0.336 e. The molecule has 0 fully saturated rings. The van der Waals surface area contributed by atoms with Crippen molar-refractivity contribution in [2.45, 2.75) is 78.6 Å². The molecule has 0 rings (SSSR count). The van der Waals surface area contributed by atoms with E-state index in [0.29, 0.717) is 24.3 Å². The van der Waals surface area contributed by atoms with Crippen LogP contribution in [0.5, 0.6) is 0 Å². The molecular weight excluding hydrogens is 358 g/mol. The van der Waals surface area contributed by atoms with Crippen molar-refractivity contribution < 1.29 is 9.53 Å². The van der Waals surface area contributed by atoms with Gasteiger partial charge in [-0.25, -0.2) is 4.79 Å². The van der Waals surface area contributed by atoms with Crippen LogP contribution in [0, 0.1) is 0 Å². The monoisotopic (exact) mass is 399 g/mol. The summed E-state index contributed by atoms with van der Waals surface area (Å²) in [5.41, 5.74) is 6.91. The molecule has 2 N–H and O–H groups in total. The van der Waals surface area contributed by atoms with Gasteiger partial charge in [-0.2, -0.15) is 0 Å². The van der Waals surface area contributed by atoms with Crippen LogP contribution in [0.1, 0.15) is 78.6 Å². The first-order valence-corrected chi connectivity index (χ1v) is 11.2. The third kappa shape index (κ3) is 16.4. The molecule has 0 aromatic carbocycles. The topological polar surface area (TPSA) is 52.3 Å². The molecule has 0 spiro atoms. The van der Waals surface area contributed by atoms with Crippen molar-refractivity contribution in [3.8, 4) is 0 Å². The van der Waals surface area contributed by atoms with Crippen LogP contribution >= 0.6 is 0 Å². The number of rotatable bonds is 16. The Kier molecular flexibility index (Phi) is 18.8. The van der Waals surface area contributed by atoms with Crippen molar-refractivity contribution in [3.05, 3.63) is 72.0 Å². The van der Waals surface area contributed by atoms with Crippen LogP contribution in [0.4, 0.5) is 0 Å². The zero-order valence-electron chi connectivity index (χ0n) is 18.7. The zero-order valence-corrected chi connectivity index (χ0v) is 18.7. The molecule has 0 radical (unpaired) electrons. The van der Waals surface area contributed by atoms with Crippen LogP contribution < -0.4 is 5.73 Å². The van der Waals surface area contributed by atoms with Crippen LogP contribution in [-0.4, -0.2) is 12.6 Å². The maximum absolute atomic E-state index is 11.8. The summed E-state index contributed by atoms with van der Waals surface area (Å²) in [4.78, 5) is 11.8. The van der Waals surface area contributed by atoms with Crippen LogP contribution in [0.2, 0.25) is 0 Å². The average Bonchev–Trinajstić information content (AvgIpc) is 2.71. The number of allylic oxidation sites excluding steroid dienone is 10. The largest absolute Gasteiger partial charge is 0.463 e. The van der Waals surface area contributed by atoms with Crippen LogP contribution in [0.25, 0.3) is 0 Å². The number of carbonyl (C=O) groups excluding carboxylic acids is 1. The molecule has 0 aliphatic heterocycles. The van der Waals surface area contributed by atoms with E-state index in [2.05, 4.69) is 25.2 Å². The summed E-state index contributed by atoms with van der Waals surface area (Å²) in [7, 11) is 0. The van der Waals surface area contributed by atoms with Crippen molar-refractivity contribution in [2.75, 3.05) is 6.61 Å². The van der Waals surface area contributed by atoms with E-state index in [1.807, 2.05) is 43.4 Å². The fourth-order valence-corrected chi connectivity index (χ4v) is 2.72. The minimum Gasteiger partial charge on any atom is -0.463 e. The molecule has 0 bridgehead atoms. The Morgan fingerprint density at radius 3 is 1.90 bits per heavy atom. The van der Waals surface area contributed by atoms with Gasteiger partial charge in [0.05, 0.1) is 12.2 Å². The molecule has 0 unspecified atom stereocenters. The predicted molar refractivity (Wildman–Crippen MR) is 126 cm³/mol. The number of nitrogens with two attached hydrogens (primary N) is 1. The molecule has 29 heavy (non-hydrogen) atoms. The highest BCUT2D eigenvalue weighted by Gasteiger charge is 2.10. The van der Waals surface area contributed by atoms with E-state index in [4.69, 9.17) is 10.5 Å². The summed E-state index contributed by atoms with van der Waals surface area (Å²) in [6.45, 7) is 6.28. The lowest BCUT2D eigenvalue weighted by Gasteiger charge is -2.06. The van der Waals surface area contributed by atoms with E-state index in [1.165, 1.54) is 44.9 Å². The zero-order chi connectivity index (χ0) is 21.6. The van der Waals surface area contributed by atoms with Gasteiger partial charge in [-0.3, -0.25) is 0 Å². The molecule has 162 valence electrons. The first-order valence-electron chi connectivity index (χ1n) is 11.2. The summed E-state index contributed by atoms with van der Waals surface area (Å²) in [6, 6.07) is 0. The molecule has 0 aliphatic rings. The second-order valence-electron chi connectivity index (χ2n) is 6.86. The number of hydrogen-bond donors (Lipinski definition) is 1. The van der Waals surface area contributed by atoms with Gasteiger partial charge in [-0.15, -0.1) is 0 Å². The standard InChI is InChI=1S/C26H41NO2/c1-4-7-8-9-10-11-12-13-14-15-16-17-18-19-20-21-22-23-25(27)24(5-2)26(28)29-6-3/h14-23H,4-13,27H2,1-3H3. The highest BCUT2D eigenvalue weighted by atomic mass is 16.5. The van der Waals surface area contributed by atoms with Crippen molar-refractivity contribution in [1.82, 2.24) is 0 Å². The van der Waals surface area contributed by atoms with Crippen molar-refractivity contribution in [2.24, 2.45) is 5.73 Å². The first kappa shape index (κ1) is 26.7. The third-order valence-corrected chi connectivity index (χ3v) is 4.39. The normalized spacial score (nSPS) is 13.5. The second-order valence-corrected chi connectivity index (χ2v) is 6.86. The number of unbranched alkanes of at least 4 members (excludes halogenated alkanes) is 7. The molecule has 0 amide bonds. The molecule has 0 saturated heterocycles. The van der Waals surface area contributed by atoms with E-state index in [9.17, 15) is 4.79 Å². The van der Waals surface area contributed by atoms with Gasteiger partial charge in [0.2, 0.25) is 0 Å². The van der Waals surface area contributed by atoms with E-state index in [1.54, 1.807) is 13.0 Å². The minimum absolute atomic E-state index is 0.341. The fraction of sp³-hybridized carbons (Fsp3) is 0.500. The Hall–Kier alpha value is -2.29. The fourth-order valence-electron chi connectivity index (χ4n) is 2.72. The summed E-state index contributed by atoms with van der Waals surface area (Å²) in [6.07, 6.45) is 30.9. The molecule has 0 saturated carbocycles. The second kappa shape index (κ2) is 20.4. The lowest BCUT2D eigenvalue weighted by atomic mass is 10.1. The van der Waals surface area contributed by atoms with Gasteiger partial charge in [0.15, 0.2) is 0 Å². The van der Waals surface area contributed by atoms with E-state index < -0.39 is 0 Å². The van der Waals surface area contributed by atoms with Gasteiger partial charge in [-0.1, -0.05) is 107 Å². The Bertz CT molecular complexity index is 592. The smallest absolute Gasteiger partial charge is 0.336 e. The first-order chi connectivity index (χ1) is 14.2. The van der Waals surface area contributed by atoms with Crippen LogP contribution in [0.3, 0.4) is 0 Å². The van der Waals surface area contributed by atoms with Gasteiger partial charge in [0, 0.05) is 5.70 Å². The average molecular weight is 400 g/mol. The molecule has 3 nitrogen and oxygen atoms in total. The van der Waals surface area contributed by atoms with Crippen LogP contribution in [0.15, 0.2) is 72.0 Å². The van der Waals surface area contributed by atoms with Gasteiger partial charge >= 0.3 is 5.97 Å². The van der Waals surface area contributed by atoms with E-state index >= 15 is 0 Å². The molecule has 0 aromatic rings.